The molecule has 0 bridgehead atoms. The number of nitrogens with one attached hydrogen (secondary N) is 1. The van der Waals surface area contributed by atoms with Gasteiger partial charge in [0.25, 0.3) is 0 Å². The molecular weight excluding hydrogens is 318 g/mol. The van der Waals surface area contributed by atoms with Gasteiger partial charge in [-0.1, -0.05) is 47.0 Å². The average Bonchev–Trinajstić information content (AvgIpc) is 2.82. The first-order valence-electron chi connectivity index (χ1n) is 5.71. The van der Waals surface area contributed by atoms with Crippen molar-refractivity contribution >= 4 is 46.9 Å². The maximum Gasteiger partial charge on any atom is 0.413 e. The summed E-state index contributed by atoms with van der Waals surface area (Å²) in [6.45, 7) is 7.66. The highest BCUT2D eigenvalue weighted by molar-refractivity contribution is 8.03. The van der Waals surface area contributed by atoms with E-state index in [2.05, 4.69) is 26.8 Å². The smallest absolute Gasteiger partial charge is 0.413 e. The molecule has 0 saturated carbocycles. The molecule has 9 heteroatoms. The van der Waals surface area contributed by atoms with E-state index >= 15 is 0 Å². The second-order valence-electron chi connectivity index (χ2n) is 3.64. The van der Waals surface area contributed by atoms with Crippen LogP contribution in [0.4, 0.5) is 4.79 Å². The van der Waals surface area contributed by atoms with Crippen molar-refractivity contribution in [2.75, 3.05) is 18.1 Å². The zero-order valence-electron chi connectivity index (χ0n) is 11.2. The molecule has 2 amide bonds. The number of carbonyl (C=O) groups is 2. The van der Waals surface area contributed by atoms with Crippen LogP contribution in [-0.4, -0.2) is 40.3 Å². The number of rotatable bonds is 7. The fourth-order valence-electron chi connectivity index (χ4n) is 0.943. The molecular formula is C11H15N3O3S3. The molecule has 0 unspecified atom stereocenters. The number of hydrogen-bond acceptors (Lipinski definition) is 8. The maximum atomic E-state index is 11.4. The van der Waals surface area contributed by atoms with E-state index < -0.39 is 12.0 Å². The van der Waals surface area contributed by atoms with Gasteiger partial charge in [0.05, 0.1) is 12.4 Å². The number of hydrogen-bond donors (Lipinski definition) is 1. The molecule has 1 aromatic rings. The zero-order valence-corrected chi connectivity index (χ0v) is 13.6. The maximum absolute atomic E-state index is 11.4. The summed E-state index contributed by atoms with van der Waals surface area (Å²) in [5.74, 6) is 0.473. The van der Waals surface area contributed by atoms with Crippen molar-refractivity contribution in [1.82, 2.24) is 15.5 Å². The van der Waals surface area contributed by atoms with Crippen LogP contribution in [0.1, 0.15) is 13.8 Å². The van der Waals surface area contributed by atoms with Crippen LogP contribution in [0.3, 0.4) is 0 Å². The van der Waals surface area contributed by atoms with Gasteiger partial charge in [0.1, 0.15) is 0 Å². The number of alkyl carbamates (subject to hydrolysis) is 1. The van der Waals surface area contributed by atoms with E-state index in [0.717, 1.165) is 15.7 Å². The number of carbonyl (C=O) groups excluding carboxylic acids is 2. The fourth-order valence-corrected chi connectivity index (χ4v) is 3.61. The van der Waals surface area contributed by atoms with Gasteiger partial charge in [-0.05, 0) is 13.8 Å². The van der Waals surface area contributed by atoms with E-state index in [1.807, 2.05) is 6.92 Å². The third-order valence-corrected chi connectivity index (χ3v) is 5.09. The summed E-state index contributed by atoms with van der Waals surface area (Å²) >= 11 is 4.20. The number of ether oxygens (including phenoxy) is 1. The Kier molecular flexibility index (Phi) is 7.63. The second-order valence-corrected chi connectivity index (χ2v) is 7.06. The van der Waals surface area contributed by atoms with Crippen molar-refractivity contribution in [3.05, 3.63) is 12.2 Å². The van der Waals surface area contributed by atoms with Gasteiger partial charge in [0.15, 0.2) is 8.68 Å². The molecule has 6 nitrogen and oxygen atoms in total. The molecule has 1 aromatic heterocycles. The van der Waals surface area contributed by atoms with Gasteiger partial charge in [-0.25, -0.2) is 4.79 Å². The summed E-state index contributed by atoms with van der Waals surface area (Å²) in [6.07, 6.45) is -0.729. The Morgan fingerprint density at radius 2 is 1.90 bits per heavy atom. The lowest BCUT2D eigenvalue weighted by Crippen LogP contribution is -2.32. The molecule has 110 valence electrons. The van der Waals surface area contributed by atoms with E-state index in [9.17, 15) is 9.59 Å². The lowest BCUT2D eigenvalue weighted by atomic mass is 10.4. The zero-order chi connectivity index (χ0) is 15.0. The van der Waals surface area contributed by atoms with Gasteiger partial charge in [-0.2, -0.15) is 0 Å². The predicted octanol–water partition coefficient (Wildman–Crippen LogP) is 2.57. The molecule has 0 spiro atoms. The lowest BCUT2D eigenvalue weighted by Gasteiger charge is -2.02. The minimum atomic E-state index is -0.729. The van der Waals surface area contributed by atoms with Crippen molar-refractivity contribution in [2.24, 2.45) is 0 Å². The third kappa shape index (κ3) is 6.92. The summed E-state index contributed by atoms with van der Waals surface area (Å²) in [4.78, 5) is 22.4. The molecule has 0 aliphatic heterocycles. The minimum absolute atomic E-state index is 0.0958. The highest BCUT2D eigenvalue weighted by Crippen LogP contribution is 2.29. The highest BCUT2D eigenvalue weighted by Gasteiger charge is 2.11. The molecule has 0 aromatic carbocycles. The first kappa shape index (κ1) is 17.0. The van der Waals surface area contributed by atoms with E-state index in [4.69, 9.17) is 0 Å². The number of imide groups is 1. The molecule has 0 radical (unpaired) electrons. The SMILES string of the molecule is C=C(C)CSc1nnc(SCC(=O)NC(=O)OCC)s1. The minimum Gasteiger partial charge on any atom is -0.450 e. The average molecular weight is 333 g/mol. The molecule has 1 N–H and O–H groups in total. The normalized spacial score (nSPS) is 10.1. The van der Waals surface area contributed by atoms with E-state index in [1.54, 1.807) is 18.7 Å². The number of aromatic nitrogens is 2. The lowest BCUT2D eigenvalue weighted by molar-refractivity contribution is -0.117. The topological polar surface area (TPSA) is 81.2 Å². The summed E-state index contributed by atoms with van der Waals surface area (Å²) in [6, 6.07) is 0. The Bertz CT molecular complexity index is 490. The molecule has 20 heavy (non-hydrogen) atoms. The standard InChI is InChI=1S/C11H15N3O3S3/c1-4-17-9(16)12-8(15)6-19-11-14-13-10(20-11)18-5-7(2)3/h2,4-6H2,1,3H3,(H,12,15,16). The van der Waals surface area contributed by atoms with E-state index in [0.29, 0.717) is 4.34 Å². The van der Waals surface area contributed by atoms with Gasteiger partial charge in [-0.15, -0.1) is 10.2 Å². The van der Waals surface area contributed by atoms with Crippen molar-refractivity contribution in [3.8, 4) is 0 Å². The van der Waals surface area contributed by atoms with Crippen molar-refractivity contribution in [2.45, 2.75) is 22.5 Å². The van der Waals surface area contributed by atoms with E-state index in [1.165, 1.54) is 23.1 Å². The third-order valence-electron chi connectivity index (χ3n) is 1.67. The Hall–Kier alpha value is -1.06. The largest absolute Gasteiger partial charge is 0.450 e. The van der Waals surface area contributed by atoms with Crippen LogP contribution in [0, 0.1) is 0 Å². The number of nitrogens with zero attached hydrogens (tertiary/aromatic N) is 2. The highest BCUT2D eigenvalue weighted by atomic mass is 32.2. The van der Waals surface area contributed by atoms with Crippen LogP contribution in [0.25, 0.3) is 0 Å². The Morgan fingerprint density at radius 1 is 1.30 bits per heavy atom. The summed E-state index contributed by atoms with van der Waals surface area (Å²) < 4.78 is 6.13. The first-order chi connectivity index (χ1) is 9.51. The van der Waals surface area contributed by atoms with E-state index in [-0.39, 0.29) is 12.4 Å². The van der Waals surface area contributed by atoms with Gasteiger partial charge in [0.2, 0.25) is 5.91 Å². The molecule has 0 saturated heterocycles. The van der Waals surface area contributed by atoms with Crippen LogP contribution in [0.2, 0.25) is 0 Å². The molecule has 0 aliphatic rings. The van der Waals surface area contributed by atoms with Crippen LogP contribution in [0.15, 0.2) is 20.8 Å². The van der Waals surface area contributed by atoms with Crippen LogP contribution in [-0.2, 0) is 9.53 Å². The van der Waals surface area contributed by atoms with Crippen molar-refractivity contribution in [1.29, 1.82) is 0 Å². The second kappa shape index (κ2) is 8.98. The molecule has 1 heterocycles. The van der Waals surface area contributed by atoms with Gasteiger partial charge >= 0.3 is 6.09 Å². The summed E-state index contributed by atoms with van der Waals surface area (Å²) in [5, 5.41) is 10.1. The Morgan fingerprint density at radius 3 is 2.45 bits per heavy atom. The summed E-state index contributed by atoms with van der Waals surface area (Å²) in [7, 11) is 0. The van der Waals surface area contributed by atoms with Crippen LogP contribution < -0.4 is 5.32 Å². The first-order valence-corrected chi connectivity index (χ1v) is 8.50. The number of amides is 2. The van der Waals surface area contributed by atoms with Crippen molar-refractivity contribution < 1.29 is 14.3 Å². The van der Waals surface area contributed by atoms with Crippen molar-refractivity contribution in [3.63, 3.8) is 0 Å². The molecule has 0 fully saturated rings. The molecule has 0 atom stereocenters. The monoisotopic (exact) mass is 333 g/mol. The Balaban J connectivity index is 2.33. The summed E-state index contributed by atoms with van der Waals surface area (Å²) in [5.41, 5.74) is 1.06. The number of thioether (sulfide) groups is 2. The van der Waals surface area contributed by atoms with Gasteiger partial charge in [0, 0.05) is 5.75 Å². The predicted molar refractivity (Wildman–Crippen MR) is 81.3 cm³/mol. The van der Waals surface area contributed by atoms with Crippen LogP contribution >= 0.6 is 34.9 Å². The quantitative estimate of drug-likeness (QED) is 0.606. The molecule has 1 rings (SSSR count). The van der Waals surface area contributed by atoms with Crippen LogP contribution in [0.5, 0.6) is 0 Å². The fraction of sp³-hybridized carbons (Fsp3) is 0.455. The Labute approximate surface area is 129 Å². The van der Waals surface area contributed by atoms with Gasteiger partial charge < -0.3 is 4.74 Å². The van der Waals surface area contributed by atoms with Gasteiger partial charge in [-0.3, -0.25) is 10.1 Å². The molecule has 0 aliphatic carbocycles.